The van der Waals surface area contributed by atoms with Crippen molar-refractivity contribution in [1.29, 1.82) is 0 Å². The Morgan fingerprint density at radius 3 is 0.579 bits per heavy atom. The van der Waals surface area contributed by atoms with Crippen LogP contribution in [0.3, 0.4) is 0 Å². The number of hydrogen-bond donors (Lipinski definition) is 0. The molecular formula is H20O17P2-4. The van der Waals surface area contributed by atoms with Gasteiger partial charge in [-0.2, -0.15) is 0 Å². The van der Waals surface area contributed by atoms with Crippen molar-refractivity contribution in [3.63, 3.8) is 0 Å². The first-order chi connectivity index (χ1) is 3.71. The lowest BCUT2D eigenvalue weighted by atomic mass is 15.7. The molecule has 0 radical (unpaired) electrons. The van der Waals surface area contributed by atoms with Crippen molar-refractivity contribution in [2.75, 3.05) is 0 Å². The molecule has 0 fully saturated rings. The van der Waals surface area contributed by atoms with Crippen LogP contribution in [0.15, 0.2) is 0 Å². The summed E-state index contributed by atoms with van der Waals surface area (Å²) in [5.74, 6) is 0. The second-order valence-corrected chi connectivity index (χ2v) is 3.42. The van der Waals surface area contributed by atoms with Crippen molar-refractivity contribution < 1.29 is 87.8 Å². The molecule has 0 atom stereocenters. The van der Waals surface area contributed by atoms with Crippen LogP contribution in [0.2, 0.25) is 0 Å². The third kappa shape index (κ3) is 131. The average Bonchev–Trinajstić information content (AvgIpc) is 1.14. The molecule has 0 spiro atoms. The first-order valence-corrected chi connectivity index (χ1v) is 4.38. The Kier molecular flexibility index (Phi) is 157. The number of phosphoric acid groups is 2. The van der Waals surface area contributed by atoms with E-state index in [0.29, 0.717) is 0 Å². The average molecular weight is 354 g/mol. The molecule has 136 valence electrons. The normalized spacial score (nSPS) is 6.53. The second kappa shape index (κ2) is 30.7. The van der Waals surface area contributed by atoms with Gasteiger partial charge in [0.1, 0.15) is 0 Å². The Balaban J connectivity index is -0.00000000711. The van der Waals surface area contributed by atoms with Gasteiger partial charge in [-0.05, 0) is 0 Å². The highest BCUT2D eigenvalue weighted by Crippen LogP contribution is 2.42. The van der Waals surface area contributed by atoms with Gasteiger partial charge >= 0.3 is 0 Å². The number of hydrogen-bond acceptors (Lipinski definition) is 7. The van der Waals surface area contributed by atoms with Crippen LogP contribution in [0, 0.1) is 0 Å². The van der Waals surface area contributed by atoms with Gasteiger partial charge in [-0.25, -0.2) is 0 Å². The molecular weight excluding hydrogens is 334 g/mol. The van der Waals surface area contributed by atoms with Crippen molar-refractivity contribution in [2.24, 2.45) is 0 Å². The highest BCUT2D eigenvalue weighted by atomic mass is 31.3. The largest absolute Gasteiger partial charge is 0.790 e. The summed E-state index contributed by atoms with van der Waals surface area (Å²) in [7, 11) is -11.4. The van der Waals surface area contributed by atoms with Crippen LogP contribution >= 0.6 is 15.6 Å². The fourth-order valence-corrected chi connectivity index (χ4v) is 1.10. The lowest BCUT2D eigenvalue weighted by molar-refractivity contribution is -0.364. The number of rotatable bonds is 2. The van der Waals surface area contributed by atoms with Crippen molar-refractivity contribution in [1.82, 2.24) is 0 Å². The predicted molar refractivity (Wildman–Crippen MR) is 52.4 cm³/mol. The summed E-state index contributed by atoms with van der Waals surface area (Å²) in [6.07, 6.45) is 0. The minimum Gasteiger partial charge on any atom is -0.790 e. The van der Waals surface area contributed by atoms with E-state index >= 15 is 0 Å². The van der Waals surface area contributed by atoms with E-state index in [2.05, 4.69) is 4.31 Å². The van der Waals surface area contributed by atoms with E-state index in [0.717, 1.165) is 0 Å². The zero-order chi connectivity index (χ0) is 7.71. The molecule has 0 aliphatic rings. The quantitative estimate of drug-likeness (QED) is 0.430. The smallest absolute Gasteiger partial charge is 0.0655 e. The molecule has 0 saturated carbocycles. The van der Waals surface area contributed by atoms with Crippen LogP contribution in [-0.2, 0) is 13.4 Å². The van der Waals surface area contributed by atoms with Crippen LogP contribution in [0.4, 0.5) is 0 Å². The molecule has 0 unspecified atom stereocenters. The first kappa shape index (κ1) is 97.4. The summed E-state index contributed by atoms with van der Waals surface area (Å²) in [6.45, 7) is 0. The maximum absolute atomic E-state index is 9.32. The molecule has 0 aromatic carbocycles. The Morgan fingerprint density at radius 1 is 0.474 bits per heavy atom. The van der Waals surface area contributed by atoms with Gasteiger partial charge in [0, 0.05) is 0 Å². The van der Waals surface area contributed by atoms with E-state index in [1.807, 2.05) is 0 Å². The van der Waals surface area contributed by atoms with Gasteiger partial charge in [-0.1, -0.05) is 0 Å². The third-order valence-corrected chi connectivity index (χ3v) is 1.80. The Bertz CT molecular complexity index is 150. The summed E-state index contributed by atoms with van der Waals surface area (Å²) >= 11 is 0. The summed E-state index contributed by atoms with van der Waals surface area (Å²) in [5, 5.41) is 0. The Hall–Kier alpha value is -0.140. The molecule has 0 bridgehead atoms. The van der Waals surface area contributed by atoms with E-state index < -0.39 is 15.6 Å². The van der Waals surface area contributed by atoms with E-state index in [4.69, 9.17) is 0 Å². The fourth-order valence-electron chi connectivity index (χ4n) is 0.122. The lowest BCUT2D eigenvalue weighted by Gasteiger charge is -2.39. The highest BCUT2D eigenvalue weighted by Gasteiger charge is 1.92. The lowest BCUT2D eigenvalue weighted by Crippen LogP contribution is -2.23. The molecule has 0 aromatic rings. The minimum atomic E-state index is -5.68. The molecule has 0 aliphatic heterocycles. The summed E-state index contributed by atoms with van der Waals surface area (Å²) in [4.78, 5) is 37.3. The summed E-state index contributed by atoms with van der Waals surface area (Å²) in [5.41, 5.74) is 0. The summed E-state index contributed by atoms with van der Waals surface area (Å²) in [6, 6.07) is 0. The van der Waals surface area contributed by atoms with Crippen molar-refractivity contribution >= 4 is 15.6 Å². The Morgan fingerprint density at radius 2 is 0.579 bits per heavy atom. The van der Waals surface area contributed by atoms with Gasteiger partial charge in [0.25, 0.3) is 0 Å². The van der Waals surface area contributed by atoms with Crippen molar-refractivity contribution in [3.8, 4) is 0 Å². The van der Waals surface area contributed by atoms with Gasteiger partial charge in [0.05, 0.1) is 15.6 Å². The van der Waals surface area contributed by atoms with E-state index in [-0.39, 0.29) is 54.8 Å². The molecule has 19 heteroatoms. The fraction of sp³-hybridized carbons (Fsp3) is 0. The van der Waals surface area contributed by atoms with Crippen LogP contribution in [0.5, 0.6) is 0 Å². The van der Waals surface area contributed by atoms with Crippen LogP contribution in [0.1, 0.15) is 0 Å². The van der Waals surface area contributed by atoms with Crippen molar-refractivity contribution in [3.05, 3.63) is 0 Å². The standard InChI is InChI=1S/H4O7P2.10H2O/c1-8(2,3)7-9(4,5)6;;;;;;;;;;/h(H2,1,2,3)(H2,4,5,6);10*1H2/p-4. The van der Waals surface area contributed by atoms with E-state index in [9.17, 15) is 28.7 Å². The topological polar surface area (TPSA) is 451 Å². The summed E-state index contributed by atoms with van der Waals surface area (Å²) < 4.78 is 21.2. The first-order valence-electron chi connectivity index (χ1n) is 1.46. The molecule has 0 heterocycles. The maximum Gasteiger partial charge on any atom is 0.0655 e. The van der Waals surface area contributed by atoms with Gasteiger partial charge in [-0.15, -0.1) is 0 Å². The SMILES string of the molecule is O.O.O.O.O.O.O.O.O.O.O=P([O-])([O-])OP(=O)([O-])[O-]. The van der Waals surface area contributed by atoms with Gasteiger partial charge < -0.3 is 87.8 Å². The molecule has 19 heavy (non-hydrogen) atoms. The highest BCUT2D eigenvalue weighted by molar-refractivity contribution is 7.57. The van der Waals surface area contributed by atoms with Gasteiger partial charge in [-0.3, -0.25) is 0 Å². The molecule has 0 saturated heterocycles. The Labute approximate surface area is 105 Å². The molecule has 20 N–H and O–H groups in total. The predicted octanol–water partition coefficient (Wildman–Crippen LogP) is -11.6. The molecule has 17 nitrogen and oxygen atoms in total. The van der Waals surface area contributed by atoms with Crippen molar-refractivity contribution in [2.45, 2.75) is 0 Å². The maximum atomic E-state index is 9.32. The second-order valence-electron chi connectivity index (χ2n) is 0.976. The monoisotopic (exact) mass is 354 g/mol. The van der Waals surface area contributed by atoms with Crippen LogP contribution in [0.25, 0.3) is 0 Å². The minimum absolute atomic E-state index is 0. The zero-order valence-electron chi connectivity index (χ0n) is 8.75. The molecule has 0 amide bonds. The molecule has 0 aromatic heterocycles. The van der Waals surface area contributed by atoms with Crippen LogP contribution < -0.4 is 19.6 Å². The van der Waals surface area contributed by atoms with E-state index in [1.54, 1.807) is 0 Å². The zero-order valence-corrected chi connectivity index (χ0v) is 10.5. The molecule has 0 rings (SSSR count). The van der Waals surface area contributed by atoms with Crippen LogP contribution in [-0.4, -0.2) is 54.8 Å². The molecule has 0 aliphatic carbocycles. The van der Waals surface area contributed by atoms with E-state index in [1.165, 1.54) is 0 Å². The van der Waals surface area contributed by atoms with Gasteiger partial charge in [0.2, 0.25) is 0 Å². The third-order valence-electron chi connectivity index (χ3n) is 0.200. The van der Waals surface area contributed by atoms with Gasteiger partial charge in [0.15, 0.2) is 0 Å².